The fourth-order valence-corrected chi connectivity index (χ4v) is 1.80. The number of hydrogen-bond donors (Lipinski definition) is 1. The van der Waals surface area contributed by atoms with E-state index >= 15 is 0 Å². The zero-order valence-corrected chi connectivity index (χ0v) is 10.6. The fourth-order valence-electron chi connectivity index (χ4n) is 1.64. The van der Waals surface area contributed by atoms with E-state index in [2.05, 4.69) is 13.8 Å². The Morgan fingerprint density at radius 1 is 1.44 bits per heavy atom. The molecule has 2 nitrogen and oxygen atoms in total. The lowest BCUT2D eigenvalue weighted by Crippen LogP contribution is -2.35. The van der Waals surface area contributed by atoms with Crippen molar-refractivity contribution in [2.45, 2.75) is 25.9 Å². The molecule has 0 saturated heterocycles. The molecule has 1 aromatic carbocycles. The molecular formula is C12H18ClFN2. The first-order valence-corrected chi connectivity index (χ1v) is 5.72. The highest BCUT2D eigenvalue weighted by Gasteiger charge is 2.20. The van der Waals surface area contributed by atoms with Gasteiger partial charge in [-0.1, -0.05) is 17.7 Å². The molecule has 0 aromatic heterocycles. The Labute approximate surface area is 101 Å². The van der Waals surface area contributed by atoms with Gasteiger partial charge < -0.3 is 5.73 Å². The van der Waals surface area contributed by atoms with Gasteiger partial charge in [-0.2, -0.15) is 0 Å². The second-order valence-corrected chi connectivity index (χ2v) is 4.61. The summed E-state index contributed by atoms with van der Waals surface area (Å²) >= 11 is 5.72. The van der Waals surface area contributed by atoms with Crippen molar-refractivity contribution in [3.63, 3.8) is 0 Å². The van der Waals surface area contributed by atoms with Gasteiger partial charge in [-0.3, -0.25) is 4.90 Å². The van der Waals surface area contributed by atoms with Crippen molar-refractivity contribution in [2.24, 2.45) is 5.73 Å². The molecule has 0 bridgehead atoms. The van der Waals surface area contributed by atoms with Crippen LogP contribution in [0.15, 0.2) is 18.2 Å². The highest BCUT2D eigenvalue weighted by molar-refractivity contribution is 6.30. The third kappa shape index (κ3) is 2.94. The molecule has 0 aliphatic heterocycles. The Morgan fingerprint density at radius 3 is 2.50 bits per heavy atom. The van der Waals surface area contributed by atoms with Crippen molar-refractivity contribution in [1.29, 1.82) is 0 Å². The van der Waals surface area contributed by atoms with Gasteiger partial charge in [0.2, 0.25) is 0 Å². The van der Waals surface area contributed by atoms with E-state index in [-0.39, 0.29) is 11.9 Å². The first kappa shape index (κ1) is 13.4. The number of nitrogens with zero attached hydrogens (tertiary/aromatic N) is 1. The molecule has 2 N–H and O–H groups in total. The van der Waals surface area contributed by atoms with E-state index in [9.17, 15) is 4.39 Å². The van der Waals surface area contributed by atoms with E-state index in [1.807, 2.05) is 11.9 Å². The highest BCUT2D eigenvalue weighted by atomic mass is 35.5. The molecule has 1 rings (SSSR count). The van der Waals surface area contributed by atoms with Crippen LogP contribution >= 0.6 is 11.6 Å². The molecular weight excluding hydrogens is 227 g/mol. The van der Waals surface area contributed by atoms with Crippen LogP contribution in [0.1, 0.15) is 25.5 Å². The lowest BCUT2D eigenvalue weighted by Gasteiger charge is -2.31. The first-order valence-electron chi connectivity index (χ1n) is 5.34. The zero-order chi connectivity index (χ0) is 12.3. The van der Waals surface area contributed by atoms with Gasteiger partial charge in [0, 0.05) is 29.2 Å². The molecule has 16 heavy (non-hydrogen) atoms. The minimum Gasteiger partial charge on any atom is -0.329 e. The van der Waals surface area contributed by atoms with Crippen molar-refractivity contribution in [2.75, 3.05) is 13.6 Å². The Morgan fingerprint density at radius 2 is 2.06 bits per heavy atom. The largest absolute Gasteiger partial charge is 0.329 e. The summed E-state index contributed by atoms with van der Waals surface area (Å²) in [7, 11) is 1.94. The Hall–Kier alpha value is -0.640. The maximum atomic E-state index is 13.7. The van der Waals surface area contributed by atoms with E-state index in [4.69, 9.17) is 17.3 Å². The number of likely N-dealkylation sites (N-methyl/N-ethyl adjacent to an activating group) is 1. The summed E-state index contributed by atoms with van der Waals surface area (Å²) in [5.41, 5.74) is 6.31. The quantitative estimate of drug-likeness (QED) is 0.883. The topological polar surface area (TPSA) is 29.3 Å². The van der Waals surface area contributed by atoms with Crippen LogP contribution in [0, 0.1) is 5.82 Å². The van der Waals surface area contributed by atoms with E-state index < -0.39 is 0 Å². The van der Waals surface area contributed by atoms with E-state index in [1.54, 1.807) is 12.1 Å². The van der Waals surface area contributed by atoms with Gasteiger partial charge in [-0.05, 0) is 33.0 Å². The van der Waals surface area contributed by atoms with Gasteiger partial charge in [0.25, 0.3) is 0 Å². The molecule has 0 amide bonds. The molecule has 1 atom stereocenters. The van der Waals surface area contributed by atoms with Crippen LogP contribution in [0.4, 0.5) is 4.39 Å². The van der Waals surface area contributed by atoms with Gasteiger partial charge in [0.05, 0.1) is 0 Å². The SMILES string of the molecule is CC(C)N(C)C(CN)c1ccc(Cl)cc1F. The van der Waals surface area contributed by atoms with Crippen LogP contribution < -0.4 is 5.73 Å². The molecule has 0 saturated carbocycles. The summed E-state index contributed by atoms with van der Waals surface area (Å²) in [6.07, 6.45) is 0. The predicted molar refractivity (Wildman–Crippen MR) is 66.1 cm³/mol. The monoisotopic (exact) mass is 244 g/mol. The maximum absolute atomic E-state index is 13.7. The standard InChI is InChI=1S/C12H18ClFN2/c1-8(2)16(3)12(7-15)10-5-4-9(13)6-11(10)14/h4-6,8,12H,7,15H2,1-3H3. The number of benzene rings is 1. The average Bonchev–Trinajstić information content (AvgIpc) is 2.21. The number of hydrogen-bond acceptors (Lipinski definition) is 2. The number of nitrogens with two attached hydrogens (primary N) is 1. The number of rotatable bonds is 4. The van der Waals surface area contributed by atoms with Gasteiger partial charge in [0.1, 0.15) is 5.82 Å². The average molecular weight is 245 g/mol. The molecule has 1 aromatic rings. The van der Waals surface area contributed by atoms with Gasteiger partial charge in [-0.15, -0.1) is 0 Å². The molecule has 0 radical (unpaired) electrons. The molecule has 0 fully saturated rings. The lowest BCUT2D eigenvalue weighted by molar-refractivity contribution is 0.197. The normalized spacial score (nSPS) is 13.5. The predicted octanol–water partition coefficient (Wildman–Crippen LogP) is 2.82. The summed E-state index contributed by atoms with van der Waals surface area (Å²) in [6.45, 7) is 4.49. The summed E-state index contributed by atoms with van der Waals surface area (Å²) in [6, 6.07) is 4.92. The van der Waals surface area contributed by atoms with Crippen LogP contribution in [0.25, 0.3) is 0 Å². The van der Waals surface area contributed by atoms with Gasteiger partial charge in [0.15, 0.2) is 0 Å². The molecule has 0 aliphatic carbocycles. The van der Waals surface area contributed by atoms with Crippen LogP contribution in [-0.4, -0.2) is 24.5 Å². The van der Waals surface area contributed by atoms with Crippen molar-refractivity contribution in [3.05, 3.63) is 34.6 Å². The lowest BCUT2D eigenvalue weighted by atomic mass is 10.0. The summed E-state index contributed by atoms with van der Waals surface area (Å²) in [5, 5.41) is 0.407. The Kier molecular flexibility index (Phi) is 4.71. The van der Waals surface area contributed by atoms with E-state index in [0.717, 1.165) is 0 Å². The molecule has 0 heterocycles. The van der Waals surface area contributed by atoms with Crippen molar-refractivity contribution in [3.8, 4) is 0 Å². The van der Waals surface area contributed by atoms with Crippen molar-refractivity contribution < 1.29 is 4.39 Å². The second kappa shape index (κ2) is 5.62. The van der Waals surface area contributed by atoms with Gasteiger partial charge >= 0.3 is 0 Å². The van der Waals surface area contributed by atoms with Crippen LogP contribution in [0.5, 0.6) is 0 Å². The van der Waals surface area contributed by atoms with Gasteiger partial charge in [-0.25, -0.2) is 4.39 Å². The summed E-state index contributed by atoms with van der Waals surface area (Å²) in [5.74, 6) is -0.296. The van der Waals surface area contributed by atoms with E-state index in [0.29, 0.717) is 23.2 Å². The molecule has 0 spiro atoms. The highest BCUT2D eigenvalue weighted by Crippen LogP contribution is 2.25. The Balaban J connectivity index is 3.04. The summed E-state index contributed by atoms with van der Waals surface area (Å²) in [4.78, 5) is 2.05. The number of halogens is 2. The van der Waals surface area contributed by atoms with Crippen LogP contribution in [0.2, 0.25) is 5.02 Å². The summed E-state index contributed by atoms with van der Waals surface area (Å²) < 4.78 is 13.7. The molecule has 0 aliphatic rings. The van der Waals surface area contributed by atoms with Crippen molar-refractivity contribution in [1.82, 2.24) is 4.90 Å². The maximum Gasteiger partial charge on any atom is 0.129 e. The fraction of sp³-hybridized carbons (Fsp3) is 0.500. The molecule has 4 heteroatoms. The second-order valence-electron chi connectivity index (χ2n) is 4.18. The smallest absolute Gasteiger partial charge is 0.129 e. The van der Waals surface area contributed by atoms with E-state index in [1.165, 1.54) is 6.07 Å². The minimum atomic E-state index is -0.296. The minimum absolute atomic E-state index is 0.114. The van der Waals surface area contributed by atoms with Crippen LogP contribution in [-0.2, 0) is 0 Å². The third-order valence-electron chi connectivity index (χ3n) is 2.85. The molecule has 1 unspecified atom stereocenters. The third-order valence-corrected chi connectivity index (χ3v) is 3.09. The molecule has 90 valence electrons. The zero-order valence-electron chi connectivity index (χ0n) is 9.87. The Bertz CT molecular complexity index is 355. The first-order chi connectivity index (χ1) is 7.47. The van der Waals surface area contributed by atoms with Crippen molar-refractivity contribution >= 4 is 11.6 Å². The van der Waals surface area contributed by atoms with Crippen LogP contribution in [0.3, 0.4) is 0 Å².